The average Bonchev–Trinajstić information content (AvgIpc) is 2.39. The molecule has 0 aromatic heterocycles. The van der Waals surface area contributed by atoms with E-state index in [4.69, 9.17) is 0 Å². The minimum Gasteiger partial charge on any atom is -0.213 e. The molecule has 0 spiro atoms. The van der Waals surface area contributed by atoms with Crippen LogP contribution in [0.2, 0.25) is 0 Å². The van der Waals surface area contributed by atoms with Crippen LogP contribution in [0.15, 0.2) is 23.1 Å². The molecule has 1 aromatic carbocycles. The second-order valence-electron chi connectivity index (χ2n) is 5.31. The lowest BCUT2D eigenvalue weighted by atomic mass is 10.1. The summed E-state index contributed by atoms with van der Waals surface area (Å²) in [5.74, 6) is 0. The molecular formula is C14H24N2O4S2. The fourth-order valence-corrected chi connectivity index (χ4v) is 4.00. The summed E-state index contributed by atoms with van der Waals surface area (Å²) in [6.07, 6.45) is 1.80. The number of rotatable bonds is 8. The van der Waals surface area contributed by atoms with Gasteiger partial charge in [-0.05, 0) is 43.5 Å². The van der Waals surface area contributed by atoms with Crippen LogP contribution in [0.3, 0.4) is 0 Å². The third-order valence-electron chi connectivity index (χ3n) is 3.38. The van der Waals surface area contributed by atoms with Gasteiger partial charge in [0.1, 0.15) is 0 Å². The third-order valence-corrected chi connectivity index (χ3v) is 6.15. The molecule has 22 heavy (non-hydrogen) atoms. The summed E-state index contributed by atoms with van der Waals surface area (Å²) in [7, 11) is -6.95. The second-order valence-corrected chi connectivity index (χ2v) is 9.06. The minimum atomic E-state index is -3.63. The van der Waals surface area contributed by atoms with Gasteiger partial charge in [-0.2, -0.15) is 0 Å². The van der Waals surface area contributed by atoms with Gasteiger partial charge in [-0.3, -0.25) is 0 Å². The average molecular weight is 348 g/mol. The van der Waals surface area contributed by atoms with Crippen molar-refractivity contribution in [3.63, 3.8) is 0 Å². The van der Waals surface area contributed by atoms with E-state index in [1.807, 2.05) is 20.8 Å². The number of nitrogens with one attached hydrogen (secondary N) is 1. The van der Waals surface area contributed by atoms with Crippen LogP contribution in [-0.2, 0) is 20.0 Å². The fourth-order valence-electron chi connectivity index (χ4n) is 1.96. The Kier molecular flexibility index (Phi) is 6.54. The van der Waals surface area contributed by atoms with Gasteiger partial charge in [0.25, 0.3) is 0 Å². The first-order valence-electron chi connectivity index (χ1n) is 7.10. The zero-order chi connectivity index (χ0) is 17.0. The van der Waals surface area contributed by atoms with Crippen molar-refractivity contribution >= 4 is 20.0 Å². The maximum absolute atomic E-state index is 12.2. The van der Waals surface area contributed by atoms with Crippen molar-refractivity contribution in [1.29, 1.82) is 0 Å². The maximum atomic E-state index is 12.2. The summed E-state index contributed by atoms with van der Waals surface area (Å²) in [4.78, 5) is 0.192. The predicted octanol–water partition coefficient (Wildman–Crippen LogP) is 1.25. The number of hydrogen-bond donors (Lipinski definition) is 1. The number of benzene rings is 1. The minimum absolute atomic E-state index is 0.0440. The van der Waals surface area contributed by atoms with Gasteiger partial charge in [-0.1, -0.05) is 13.0 Å². The Bertz CT molecular complexity index is 712. The summed E-state index contributed by atoms with van der Waals surface area (Å²) in [6, 6.07) is 4.91. The van der Waals surface area contributed by atoms with E-state index in [1.165, 1.54) is 4.31 Å². The highest BCUT2D eigenvalue weighted by Gasteiger charge is 2.18. The van der Waals surface area contributed by atoms with Gasteiger partial charge in [0.15, 0.2) is 0 Å². The lowest BCUT2D eigenvalue weighted by Gasteiger charge is -2.19. The summed E-state index contributed by atoms with van der Waals surface area (Å²) in [5.41, 5.74) is 1.91. The standard InChI is InChI=1S/C14H24N2O4S2/c1-5-9-16(21(4,17)18)10-8-15-22(19,20)14-7-6-12(2)13(3)11-14/h6-7,11,15H,5,8-10H2,1-4H3. The van der Waals surface area contributed by atoms with Crippen LogP contribution in [0.5, 0.6) is 0 Å². The summed E-state index contributed by atoms with van der Waals surface area (Å²) < 4.78 is 51.3. The van der Waals surface area contributed by atoms with E-state index in [2.05, 4.69) is 4.72 Å². The van der Waals surface area contributed by atoms with Crippen molar-refractivity contribution in [3.8, 4) is 0 Å². The van der Waals surface area contributed by atoms with E-state index < -0.39 is 20.0 Å². The zero-order valence-electron chi connectivity index (χ0n) is 13.5. The Morgan fingerprint density at radius 2 is 1.68 bits per heavy atom. The first-order chi connectivity index (χ1) is 10.1. The summed E-state index contributed by atoms with van der Waals surface area (Å²) >= 11 is 0. The van der Waals surface area contributed by atoms with Gasteiger partial charge in [0, 0.05) is 19.6 Å². The maximum Gasteiger partial charge on any atom is 0.240 e. The Labute approximate surface area is 133 Å². The molecule has 1 rings (SSSR count). The molecule has 6 nitrogen and oxygen atoms in total. The molecule has 0 heterocycles. The van der Waals surface area contributed by atoms with Gasteiger partial charge in [0.2, 0.25) is 20.0 Å². The molecule has 1 N–H and O–H groups in total. The quantitative estimate of drug-likeness (QED) is 0.766. The van der Waals surface area contributed by atoms with Crippen LogP contribution in [0.25, 0.3) is 0 Å². The van der Waals surface area contributed by atoms with Crippen molar-refractivity contribution in [2.45, 2.75) is 32.1 Å². The Morgan fingerprint density at radius 1 is 1.05 bits per heavy atom. The first kappa shape index (κ1) is 19.1. The van der Waals surface area contributed by atoms with Gasteiger partial charge in [0.05, 0.1) is 11.2 Å². The molecule has 0 amide bonds. The van der Waals surface area contributed by atoms with E-state index in [9.17, 15) is 16.8 Å². The highest BCUT2D eigenvalue weighted by molar-refractivity contribution is 7.89. The summed E-state index contributed by atoms with van der Waals surface area (Å²) in [6.45, 7) is 6.18. The molecule has 0 saturated carbocycles. The van der Waals surface area contributed by atoms with Crippen LogP contribution in [0.4, 0.5) is 0 Å². The molecular weight excluding hydrogens is 324 g/mol. The molecule has 0 aliphatic rings. The lowest BCUT2D eigenvalue weighted by molar-refractivity contribution is 0.416. The number of sulfonamides is 2. The molecule has 1 aromatic rings. The molecule has 0 bridgehead atoms. The highest BCUT2D eigenvalue weighted by atomic mass is 32.2. The lowest BCUT2D eigenvalue weighted by Crippen LogP contribution is -2.38. The van der Waals surface area contributed by atoms with Gasteiger partial charge in [-0.25, -0.2) is 25.9 Å². The predicted molar refractivity (Wildman–Crippen MR) is 87.8 cm³/mol. The zero-order valence-corrected chi connectivity index (χ0v) is 15.1. The van der Waals surface area contributed by atoms with Crippen molar-refractivity contribution in [1.82, 2.24) is 9.03 Å². The Balaban J connectivity index is 2.75. The van der Waals surface area contributed by atoms with Crippen LogP contribution >= 0.6 is 0 Å². The van der Waals surface area contributed by atoms with Gasteiger partial charge >= 0.3 is 0 Å². The van der Waals surface area contributed by atoms with E-state index in [1.54, 1.807) is 18.2 Å². The molecule has 0 radical (unpaired) electrons. The fraction of sp³-hybridized carbons (Fsp3) is 0.571. The molecule has 0 fully saturated rings. The van der Waals surface area contributed by atoms with E-state index in [0.717, 1.165) is 17.4 Å². The monoisotopic (exact) mass is 348 g/mol. The molecule has 8 heteroatoms. The van der Waals surface area contributed by atoms with Gasteiger partial charge < -0.3 is 0 Å². The second kappa shape index (κ2) is 7.54. The van der Waals surface area contributed by atoms with Crippen LogP contribution in [0, 0.1) is 13.8 Å². The molecule has 0 saturated heterocycles. The highest BCUT2D eigenvalue weighted by Crippen LogP contribution is 2.14. The topological polar surface area (TPSA) is 83.6 Å². The molecule has 0 atom stereocenters. The van der Waals surface area contributed by atoms with Gasteiger partial charge in [-0.15, -0.1) is 0 Å². The van der Waals surface area contributed by atoms with Crippen molar-refractivity contribution in [2.75, 3.05) is 25.9 Å². The Hall–Kier alpha value is -0.960. The van der Waals surface area contributed by atoms with Crippen molar-refractivity contribution in [3.05, 3.63) is 29.3 Å². The van der Waals surface area contributed by atoms with Crippen LogP contribution in [0.1, 0.15) is 24.5 Å². The first-order valence-corrected chi connectivity index (χ1v) is 10.4. The molecule has 0 unspecified atom stereocenters. The number of hydrogen-bond acceptors (Lipinski definition) is 4. The van der Waals surface area contributed by atoms with E-state index in [0.29, 0.717) is 13.0 Å². The summed E-state index contributed by atoms with van der Waals surface area (Å²) in [5, 5.41) is 0. The van der Waals surface area contributed by atoms with Crippen molar-refractivity contribution < 1.29 is 16.8 Å². The normalized spacial score (nSPS) is 12.8. The van der Waals surface area contributed by atoms with Crippen LogP contribution in [-0.4, -0.2) is 47.0 Å². The largest absolute Gasteiger partial charge is 0.240 e. The third kappa shape index (κ3) is 5.35. The molecule has 0 aliphatic carbocycles. The molecule has 0 aliphatic heterocycles. The molecule has 126 valence electrons. The van der Waals surface area contributed by atoms with Crippen LogP contribution < -0.4 is 4.72 Å². The van der Waals surface area contributed by atoms with E-state index >= 15 is 0 Å². The Morgan fingerprint density at radius 3 is 2.18 bits per heavy atom. The van der Waals surface area contributed by atoms with Crippen molar-refractivity contribution in [2.24, 2.45) is 0 Å². The smallest absolute Gasteiger partial charge is 0.213 e. The SMILES string of the molecule is CCCN(CCNS(=O)(=O)c1ccc(C)c(C)c1)S(C)(=O)=O. The number of nitrogens with zero attached hydrogens (tertiary/aromatic N) is 1. The number of aryl methyl sites for hydroxylation is 2. The van der Waals surface area contributed by atoms with E-state index in [-0.39, 0.29) is 18.0 Å².